The van der Waals surface area contributed by atoms with Gasteiger partial charge in [0.15, 0.2) is 5.11 Å². The highest BCUT2D eigenvalue weighted by atomic mass is 32.1. The maximum absolute atomic E-state index is 12.7. The minimum atomic E-state index is -0.625. The molecule has 0 fully saturated rings. The van der Waals surface area contributed by atoms with E-state index in [1.54, 1.807) is 31.2 Å². The molecular formula is C22H23N3O4S. The standard InChI is InChI=1S/C22H23N3O4S/c1-4-29-20(27)12-11-19(26)25-22(30)24-18-8-6-5-7-17(18)21(28)23-16-10-9-14(2)15(3)13-16/h5-13H,4H2,1-3H3,(H,23,28)(H2,24,25,26,30)/b12-11+. The summed E-state index contributed by atoms with van der Waals surface area (Å²) in [4.78, 5) is 35.8. The van der Waals surface area contributed by atoms with E-state index in [1.165, 1.54) is 0 Å². The van der Waals surface area contributed by atoms with Gasteiger partial charge in [-0.3, -0.25) is 14.9 Å². The molecule has 2 aromatic carbocycles. The normalized spacial score (nSPS) is 10.4. The lowest BCUT2D eigenvalue weighted by atomic mass is 10.1. The highest BCUT2D eigenvalue weighted by Crippen LogP contribution is 2.19. The highest BCUT2D eigenvalue weighted by molar-refractivity contribution is 7.80. The van der Waals surface area contributed by atoms with E-state index < -0.39 is 11.9 Å². The fourth-order valence-corrected chi connectivity index (χ4v) is 2.66. The first-order chi connectivity index (χ1) is 14.3. The number of esters is 1. The molecule has 0 radical (unpaired) electrons. The minimum Gasteiger partial charge on any atom is -0.463 e. The van der Waals surface area contributed by atoms with Crippen LogP contribution in [0.3, 0.4) is 0 Å². The number of nitrogens with one attached hydrogen (secondary N) is 3. The first-order valence-corrected chi connectivity index (χ1v) is 9.65. The number of carbonyl (C=O) groups is 3. The molecule has 0 heterocycles. The molecule has 0 unspecified atom stereocenters. The van der Waals surface area contributed by atoms with Crippen molar-refractivity contribution in [3.05, 3.63) is 71.3 Å². The number of ether oxygens (including phenoxy) is 1. The molecule has 0 bridgehead atoms. The molecule has 0 atom stereocenters. The number of thiocarbonyl (C=S) groups is 1. The van der Waals surface area contributed by atoms with Crippen LogP contribution in [0.5, 0.6) is 0 Å². The van der Waals surface area contributed by atoms with Gasteiger partial charge in [0.2, 0.25) is 5.91 Å². The maximum Gasteiger partial charge on any atom is 0.330 e. The van der Waals surface area contributed by atoms with Gasteiger partial charge in [-0.15, -0.1) is 0 Å². The Morgan fingerprint density at radius 2 is 1.73 bits per heavy atom. The Morgan fingerprint density at radius 1 is 1.00 bits per heavy atom. The van der Waals surface area contributed by atoms with Gasteiger partial charge in [0.1, 0.15) is 0 Å². The Balaban J connectivity index is 2.04. The van der Waals surface area contributed by atoms with Gasteiger partial charge in [0.25, 0.3) is 5.91 Å². The van der Waals surface area contributed by atoms with Crippen molar-refractivity contribution in [1.29, 1.82) is 0 Å². The van der Waals surface area contributed by atoms with Crippen LogP contribution >= 0.6 is 12.2 Å². The molecule has 7 nitrogen and oxygen atoms in total. The number of amides is 2. The van der Waals surface area contributed by atoms with E-state index in [0.29, 0.717) is 16.9 Å². The van der Waals surface area contributed by atoms with Crippen molar-refractivity contribution in [2.75, 3.05) is 17.2 Å². The second kappa shape index (κ2) is 10.9. The fraction of sp³-hybridized carbons (Fsp3) is 0.182. The third-order valence-electron chi connectivity index (χ3n) is 4.08. The van der Waals surface area contributed by atoms with Crippen LogP contribution in [0.2, 0.25) is 0 Å². The zero-order chi connectivity index (χ0) is 22.1. The molecule has 3 N–H and O–H groups in total. The summed E-state index contributed by atoms with van der Waals surface area (Å²) >= 11 is 5.13. The predicted molar refractivity (Wildman–Crippen MR) is 120 cm³/mol. The van der Waals surface area contributed by atoms with Crippen LogP contribution in [0, 0.1) is 13.8 Å². The first kappa shape index (κ1) is 22.8. The monoisotopic (exact) mass is 425 g/mol. The second-order valence-corrected chi connectivity index (χ2v) is 6.74. The Morgan fingerprint density at radius 3 is 2.43 bits per heavy atom. The molecule has 2 aromatic rings. The quantitative estimate of drug-likeness (QED) is 0.372. The molecule has 0 aliphatic carbocycles. The van der Waals surface area contributed by atoms with Crippen LogP contribution in [-0.4, -0.2) is 29.5 Å². The molecule has 0 saturated carbocycles. The zero-order valence-corrected chi connectivity index (χ0v) is 17.8. The van der Waals surface area contributed by atoms with Gasteiger partial charge in [0, 0.05) is 17.8 Å². The van der Waals surface area contributed by atoms with Crippen molar-refractivity contribution < 1.29 is 19.1 Å². The minimum absolute atomic E-state index is 0.0139. The van der Waals surface area contributed by atoms with Crippen molar-refractivity contribution in [1.82, 2.24) is 5.32 Å². The van der Waals surface area contributed by atoms with E-state index in [-0.39, 0.29) is 17.6 Å². The second-order valence-electron chi connectivity index (χ2n) is 6.33. The van der Waals surface area contributed by atoms with E-state index in [0.717, 1.165) is 23.3 Å². The Bertz CT molecular complexity index is 1000. The van der Waals surface area contributed by atoms with Crippen molar-refractivity contribution in [3.8, 4) is 0 Å². The van der Waals surface area contributed by atoms with Crippen LogP contribution in [0.1, 0.15) is 28.4 Å². The van der Waals surface area contributed by atoms with Crippen molar-refractivity contribution >= 4 is 46.5 Å². The largest absolute Gasteiger partial charge is 0.463 e. The lowest BCUT2D eigenvalue weighted by molar-refractivity contribution is -0.137. The number of rotatable bonds is 6. The van der Waals surface area contributed by atoms with E-state index in [4.69, 9.17) is 17.0 Å². The summed E-state index contributed by atoms with van der Waals surface area (Å²) in [6.07, 6.45) is 2.02. The first-order valence-electron chi connectivity index (χ1n) is 9.24. The van der Waals surface area contributed by atoms with Gasteiger partial charge < -0.3 is 15.4 Å². The van der Waals surface area contributed by atoms with E-state index >= 15 is 0 Å². The molecule has 0 spiro atoms. The summed E-state index contributed by atoms with van der Waals surface area (Å²) in [5.74, 6) is -1.55. The molecule has 30 heavy (non-hydrogen) atoms. The van der Waals surface area contributed by atoms with Crippen LogP contribution in [-0.2, 0) is 14.3 Å². The predicted octanol–water partition coefficient (Wildman–Crippen LogP) is 3.49. The molecule has 8 heteroatoms. The highest BCUT2D eigenvalue weighted by Gasteiger charge is 2.13. The third-order valence-corrected chi connectivity index (χ3v) is 4.28. The van der Waals surface area contributed by atoms with Gasteiger partial charge in [-0.1, -0.05) is 18.2 Å². The summed E-state index contributed by atoms with van der Waals surface area (Å²) in [6, 6.07) is 12.4. The maximum atomic E-state index is 12.7. The average Bonchev–Trinajstić information content (AvgIpc) is 2.69. The van der Waals surface area contributed by atoms with Crippen molar-refractivity contribution in [3.63, 3.8) is 0 Å². The fourth-order valence-electron chi connectivity index (χ4n) is 2.45. The molecule has 0 aliphatic heterocycles. The Kier molecular flexibility index (Phi) is 8.25. The van der Waals surface area contributed by atoms with Gasteiger partial charge in [-0.05, 0) is 68.4 Å². The number of hydrogen-bond acceptors (Lipinski definition) is 5. The van der Waals surface area contributed by atoms with Crippen LogP contribution in [0.25, 0.3) is 0 Å². The lowest BCUT2D eigenvalue weighted by Gasteiger charge is -2.13. The number of anilines is 2. The third kappa shape index (κ3) is 6.82. The number of para-hydroxylation sites is 1. The molecule has 0 aromatic heterocycles. The van der Waals surface area contributed by atoms with Crippen LogP contribution in [0.15, 0.2) is 54.6 Å². The number of hydrogen-bond donors (Lipinski definition) is 3. The number of aryl methyl sites for hydroxylation is 2. The van der Waals surface area contributed by atoms with Crippen LogP contribution < -0.4 is 16.0 Å². The summed E-state index contributed by atoms with van der Waals surface area (Å²) in [5.41, 5.74) is 3.66. The average molecular weight is 426 g/mol. The molecule has 2 rings (SSSR count). The summed E-state index contributed by atoms with van der Waals surface area (Å²) in [7, 11) is 0. The van der Waals surface area contributed by atoms with Crippen molar-refractivity contribution in [2.45, 2.75) is 20.8 Å². The summed E-state index contributed by atoms with van der Waals surface area (Å²) in [6.45, 7) is 5.85. The van der Waals surface area contributed by atoms with Gasteiger partial charge >= 0.3 is 5.97 Å². The summed E-state index contributed by atoms with van der Waals surface area (Å²) < 4.78 is 4.70. The van der Waals surface area contributed by atoms with Gasteiger partial charge in [-0.2, -0.15) is 0 Å². The number of benzene rings is 2. The van der Waals surface area contributed by atoms with E-state index in [1.807, 2.05) is 32.0 Å². The smallest absolute Gasteiger partial charge is 0.330 e. The zero-order valence-electron chi connectivity index (χ0n) is 16.9. The number of carbonyl (C=O) groups excluding carboxylic acids is 3. The molecule has 0 aliphatic rings. The molecule has 2 amide bonds. The van der Waals surface area contributed by atoms with Gasteiger partial charge in [-0.25, -0.2) is 4.79 Å². The van der Waals surface area contributed by atoms with Gasteiger partial charge in [0.05, 0.1) is 17.9 Å². The van der Waals surface area contributed by atoms with Crippen LogP contribution in [0.4, 0.5) is 11.4 Å². The molecular weight excluding hydrogens is 402 g/mol. The van der Waals surface area contributed by atoms with E-state index in [2.05, 4.69) is 16.0 Å². The Labute approximate surface area is 180 Å². The van der Waals surface area contributed by atoms with E-state index in [9.17, 15) is 14.4 Å². The molecule has 0 saturated heterocycles. The summed E-state index contributed by atoms with van der Waals surface area (Å²) in [5, 5.41) is 8.08. The topological polar surface area (TPSA) is 96.5 Å². The molecule has 156 valence electrons. The van der Waals surface area contributed by atoms with Crippen molar-refractivity contribution in [2.24, 2.45) is 0 Å². The lowest BCUT2D eigenvalue weighted by Crippen LogP contribution is -2.33. The Hall–Kier alpha value is -3.52. The SMILES string of the molecule is CCOC(=O)/C=C/C(=O)NC(=S)Nc1ccccc1C(=O)Nc1ccc(C)c(C)c1.